The van der Waals surface area contributed by atoms with E-state index in [-0.39, 0.29) is 23.8 Å². The van der Waals surface area contributed by atoms with Crippen LogP contribution >= 0.6 is 11.3 Å². The van der Waals surface area contributed by atoms with Gasteiger partial charge < -0.3 is 16.4 Å². The molecule has 0 saturated heterocycles. The van der Waals surface area contributed by atoms with E-state index in [4.69, 9.17) is 5.73 Å². The van der Waals surface area contributed by atoms with Crippen LogP contribution < -0.4 is 16.4 Å². The number of amides is 2. The number of thiophene rings is 1. The van der Waals surface area contributed by atoms with Crippen LogP contribution in [0.5, 0.6) is 0 Å². The Morgan fingerprint density at radius 3 is 2.77 bits per heavy atom. The molecule has 2 amide bonds. The van der Waals surface area contributed by atoms with Crippen molar-refractivity contribution in [1.29, 1.82) is 0 Å². The van der Waals surface area contributed by atoms with E-state index in [9.17, 15) is 9.59 Å². The van der Waals surface area contributed by atoms with E-state index < -0.39 is 6.04 Å². The van der Waals surface area contributed by atoms with Crippen LogP contribution in [0.3, 0.4) is 0 Å². The molecule has 3 rings (SSSR count). The van der Waals surface area contributed by atoms with Crippen LogP contribution in [0.1, 0.15) is 53.5 Å². The van der Waals surface area contributed by atoms with Gasteiger partial charge in [-0.3, -0.25) is 9.59 Å². The fraction of sp³-hybridized carbons (Fsp3) is 0.400. The Labute approximate surface area is 158 Å². The summed E-state index contributed by atoms with van der Waals surface area (Å²) in [5.41, 5.74) is 8.96. The molecule has 1 heterocycles. The summed E-state index contributed by atoms with van der Waals surface area (Å²) in [5.74, 6) is -0.348. The molecule has 2 atom stereocenters. The monoisotopic (exact) mass is 371 g/mol. The second-order valence-electron chi connectivity index (χ2n) is 7.08. The zero-order valence-electron chi connectivity index (χ0n) is 15.1. The van der Waals surface area contributed by atoms with Crippen LogP contribution in [0.15, 0.2) is 35.7 Å². The fourth-order valence-corrected chi connectivity index (χ4v) is 4.03. The van der Waals surface area contributed by atoms with Gasteiger partial charge in [-0.25, -0.2) is 0 Å². The van der Waals surface area contributed by atoms with E-state index in [0.717, 1.165) is 30.5 Å². The number of benzene rings is 1. The summed E-state index contributed by atoms with van der Waals surface area (Å²) in [7, 11) is 0. The van der Waals surface area contributed by atoms with Gasteiger partial charge in [0.25, 0.3) is 5.91 Å². The van der Waals surface area contributed by atoms with Gasteiger partial charge in [0.2, 0.25) is 5.91 Å². The van der Waals surface area contributed by atoms with E-state index in [2.05, 4.69) is 10.6 Å². The Balaban J connectivity index is 1.72. The standard InChI is InChI=1S/C20H25N3O2S/c1-12(2)18(23-19(24)17-7-4-10-26-17)20(25)22-16-6-3-5-13-11-14(21)8-9-15(13)16/h4,7-12,16,18H,3,5-6,21H2,1-2H3,(H,22,25)(H,23,24). The van der Waals surface area contributed by atoms with Crippen LogP contribution in [-0.4, -0.2) is 17.9 Å². The number of fused-ring (bicyclic) bond motifs is 1. The number of nitrogen functional groups attached to an aromatic ring is 1. The van der Waals surface area contributed by atoms with E-state index in [1.54, 1.807) is 6.07 Å². The van der Waals surface area contributed by atoms with Gasteiger partial charge in [0.1, 0.15) is 6.04 Å². The van der Waals surface area contributed by atoms with Gasteiger partial charge in [0.15, 0.2) is 0 Å². The lowest BCUT2D eigenvalue weighted by molar-refractivity contribution is -0.124. The first-order valence-electron chi connectivity index (χ1n) is 8.98. The third-order valence-corrected chi connectivity index (χ3v) is 5.65. The number of anilines is 1. The van der Waals surface area contributed by atoms with Gasteiger partial charge in [-0.2, -0.15) is 0 Å². The van der Waals surface area contributed by atoms with Crippen LogP contribution in [0.25, 0.3) is 0 Å². The minimum atomic E-state index is -0.566. The molecule has 1 aliphatic carbocycles. The highest BCUT2D eigenvalue weighted by molar-refractivity contribution is 7.12. The Kier molecular flexibility index (Phi) is 5.61. The minimum Gasteiger partial charge on any atom is -0.399 e. The Morgan fingerprint density at radius 1 is 1.27 bits per heavy atom. The van der Waals surface area contributed by atoms with Crippen molar-refractivity contribution in [2.75, 3.05) is 5.73 Å². The molecule has 0 aliphatic heterocycles. The first-order valence-corrected chi connectivity index (χ1v) is 9.86. The summed E-state index contributed by atoms with van der Waals surface area (Å²) in [6, 6.07) is 8.86. The SMILES string of the molecule is CC(C)C(NC(=O)c1cccs1)C(=O)NC1CCCc2cc(N)ccc21. The van der Waals surface area contributed by atoms with Crippen LogP contribution in [0.2, 0.25) is 0 Å². The normalized spacial score (nSPS) is 17.4. The predicted molar refractivity (Wildman–Crippen MR) is 105 cm³/mol. The molecule has 4 N–H and O–H groups in total. The maximum Gasteiger partial charge on any atom is 0.262 e. The lowest BCUT2D eigenvalue weighted by Crippen LogP contribution is -2.50. The second-order valence-corrected chi connectivity index (χ2v) is 8.03. The van der Waals surface area contributed by atoms with E-state index >= 15 is 0 Å². The molecule has 1 aliphatic rings. The Morgan fingerprint density at radius 2 is 2.08 bits per heavy atom. The number of carbonyl (C=O) groups is 2. The van der Waals surface area contributed by atoms with E-state index in [1.165, 1.54) is 16.9 Å². The summed E-state index contributed by atoms with van der Waals surface area (Å²) < 4.78 is 0. The molecule has 2 aromatic rings. The van der Waals surface area contributed by atoms with Gasteiger partial charge in [-0.05, 0) is 59.9 Å². The molecule has 138 valence electrons. The number of aryl methyl sites for hydroxylation is 1. The molecular formula is C20H25N3O2S. The van der Waals surface area contributed by atoms with Crippen molar-refractivity contribution >= 4 is 28.8 Å². The minimum absolute atomic E-state index is 0.00612. The van der Waals surface area contributed by atoms with Gasteiger partial charge in [0, 0.05) is 5.69 Å². The quantitative estimate of drug-likeness (QED) is 0.705. The first-order chi connectivity index (χ1) is 12.5. The molecule has 0 fully saturated rings. The largest absolute Gasteiger partial charge is 0.399 e. The number of carbonyl (C=O) groups excluding carboxylic acids is 2. The van der Waals surface area contributed by atoms with Crippen molar-refractivity contribution in [3.63, 3.8) is 0 Å². The highest BCUT2D eigenvalue weighted by Gasteiger charge is 2.29. The van der Waals surface area contributed by atoms with Crippen LogP contribution in [0.4, 0.5) is 5.69 Å². The average Bonchev–Trinajstić information content (AvgIpc) is 3.13. The molecule has 26 heavy (non-hydrogen) atoms. The lowest BCUT2D eigenvalue weighted by Gasteiger charge is -2.29. The van der Waals surface area contributed by atoms with Gasteiger partial charge in [-0.1, -0.05) is 26.0 Å². The van der Waals surface area contributed by atoms with Crippen LogP contribution in [0, 0.1) is 5.92 Å². The number of nitrogens with two attached hydrogens (primary N) is 1. The highest BCUT2D eigenvalue weighted by atomic mass is 32.1. The van der Waals surface area contributed by atoms with E-state index in [1.807, 2.05) is 43.5 Å². The third kappa shape index (κ3) is 4.07. The zero-order chi connectivity index (χ0) is 18.7. The highest BCUT2D eigenvalue weighted by Crippen LogP contribution is 2.31. The van der Waals surface area contributed by atoms with Crippen molar-refractivity contribution in [3.05, 3.63) is 51.7 Å². The molecule has 1 aromatic carbocycles. The maximum absolute atomic E-state index is 12.9. The average molecular weight is 372 g/mol. The van der Waals surface area contributed by atoms with Crippen molar-refractivity contribution in [2.45, 2.75) is 45.2 Å². The summed E-state index contributed by atoms with van der Waals surface area (Å²) in [6.07, 6.45) is 2.89. The van der Waals surface area contributed by atoms with Crippen LogP contribution in [-0.2, 0) is 11.2 Å². The predicted octanol–water partition coefficient (Wildman–Crippen LogP) is 3.28. The molecule has 0 bridgehead atoms. The summed E-state index contributed by atoms with van der Waals surface area (Å²) >= 11 is 1.37. The number of hydrogen-bond acceptors (Lipinski definition) is 4. The number of hydrogen-bond donors (Lipinski definition) is 3. The van der Waals surface area contributed by atoms with Crippen molar-refractivity contribution < 1.29 is 9.59 Å². The van der Waals surface area contributed by atoms with Crippen molar-refractivity contribution in [2.24, 2.45) is 5.92 Å². The smallest absolute Gasteiger partial charge is 0.262 e. The summed E-state index contributed by atoms with van der Waals surface area (Å²) in [6.45, 7) is 3.88. The van der Waals surface area contributed by atoms with E-state index in [0.29, 0.717) is 4.88 Å². The van der Waals surface area contributed by atoms with Crippen molar-refractivity contribution in [3.8, 4) is 0 Å². The molecule has 5 nitrogen and oxygen atoms in total. The molecule has 2 unspecified atom stereocenters. The molecule has 0 saturated carbocycles. The molecule has 0 radical (unpaired) electrons. The summed E-state index contributed by atoms with van der Waals surface area (Å²) in [4.78, 5) is 25.9. The third-order valence-electron chi connectivity index (χ3n) is 4.78. The summed E-state index contributed by atoms with van der Waals surface area (Å²) in [5, 5.41) is 7.87. The Bertz CT molecular complexity index is 786. The molecular weight excluding hydrogens is 346 g/mol. The molecule has 1 aromatic heterocycles. The number of rotatable bonds is 5. The van der Waals surface area contributed by atoms with Crippen molar-refractivity contribution in [1.82, 2.24) is 10.6 Å². The lowest BCUT2D eigenvalue weighted by atomic mass is 9.87. The van der Waals surface area contributed by atoms with Gasteiger partial charge in [0.05, 0.1) is 10.9 Å². The number of nitrogens with one attached hydrogen (secondary N) is 2. The topological polar surface area (TPSA) is 84.2 Å². The van der Waals surface area contributed by atoms with Gasteiger partial charge >= 0.3 is 0 Å². The van der Waals surface area contributed by atoms with Gasteiger partial charge in [-0.15, -0.1) is 11.3 Å². The zero-order valence-corrected chi connectivity index (χ0v) is 15.9. The maximum atomic E-state index is 12.9. The first kappa shape index (κ1) is 18.5. The Hall–Kier alpha value is -2.34. The molecule has 6 heteroatoms. The fourth-order valence-electron chi connectivity index (χ4n) is 3.40. The second kappa shape index (κ2) is 7.91. The molecule has 0 spiro atoms.